The first kappa shape index (κ1) is 26.1. The van der Waals surface area contributed by atoms with E-state index in [2.05, 4.69) is 15.1 Å². The fourth-order valence-corrected chi connectivity index (χ4v) is 5.06. The lowest BCUT2D eigenvalue weighted by atomic mass is 10.0. The average molecular weight is 539 g/mol. The van der Waals surface area contributed by atoms with Crippen LogP contribution in [0.5, 0.6) is 5.88 Å². The molecule has 1 unspecified atom stereocenters. The summed E-state index contributed by atoms with van der Waals surface area (Å²) >= 11 is 0. The average Bonchev–Trinajstić information content (AvgIpc) is 3.55. The summed E-state index contributed by atoms with van der Waals surface area (Å²) in [4.78, 5) is 37.3. The topological polar surface area (TPSA) is 106 Å². The van der Waals surface area contributed by atoms with Gasteiger partial charge in [-0.15, -0.1) is 0 Å². The maximum absolute atomic E-state index is 14.2. The smallest absolute Gasteiger partial charge is 0.271 e. The lowest BCUT2D eigenvalue weighted by Gasteiger charge is -2.24. The molecule has 0 radical (unpaired) electrons. The van der Waals surface area contributed by atoms with Gasteiger partial charge in [-0.1, -0.05) is 6.92 Å². The normalized spacial score (nSPS) is 16.0. The first-order valence-corrected chi connectivity index (χ1v) is 12.4. The lowest BCUT2D eigenvalue weighted by molar-refractivity contribution is 0.0784. The molecule has 9 nitrogen and oxygen atoms in total. The summed E-state index contributed by atoms with van der Waals surface area (Å²) in [5.74, 6) is -3.88. The van der Waals surface area contributed by atoms with Crippen LogP contribution in [0.3, 0.4) is 0 Å². The Morgan fingerprint density at radius 1 is 1.15 bits per heavy atom. The van der Waals surface area contributed by atoms with Crippen molar-refractivity contribution in [3.8, 4) is 17.3 Å². The Kier molecular flexibility index (Phi) is 6.94. The third kappa shape index (κ3) is 5.01. The van der Waals surface area contributed by atoms with E-state index < -0.39 is 46.4 Å². The van der Waals surface area contributed by atoms with Crippen molar-refractivity contribution in [2.45, 2.75) is 31.7 Å². The molecule has 0 aliphatic carbocycles. The number of halogens is 3. The molecule has 5 rings (SSSR count). The number of hydrogen-bond acceptors (Lipinski definition) is 6. The molecule has 0 spiro atoms. The van der Waals surface area contributed by atoms with Crippen LogP contribution in [0.15, 0.2) is 53.7 Å². The number of pyridine rings is 1. The van der Waals surface area contributed by atoms with Crippen molar-refractivity contribution < 1.29 is 23.1 Å². The number of nitrogens with zero attached hydrogens (tertiary/aromatic N) is 6. The highest BCUT2D eigenvalue weighted by Gasteiger charge is 2.34. The van der Waals surface area contributed by atoms with E-state index >= 15 is 0 Å². The minimum Gasteiger partial charge on any atom is -0.493 e. The first-order chi connectivity index (χ1) is 18.7. The van der Waals surface area contributed by atoms with E-state index in [1.54, 1.807) is 20.2 Å². The summed E-state index contributed by atoms with van der Waals surface area (Å²) in [6, 6.07) is 4.57. The zero-order valence-corrected chi connectivity index (χ0v) is 21.2. The summed E-state index contributed by atoms with van der Waals surface area (Å²) in [6.45, 7) is 2.13. The van der Waals surface area contributed by atoms with Crippen LogP contribution in [0.2, 0.25) is 0 Å². The van der Waals surface area contributed by atoms with Gasteiger partial charge in [-0.2, -0.15) is 10.1 Å². The Labute approximate surface area is 221 Å². The number of rotatable bonds is 6. The van der Waals surface area contributed by atoms with Crippen LogP contribution in [0, 0.1) is 17.5 Å². The van der Waals surface area contributed by atoms with E-state index in [1.165, 1.54) is 38.7 Å². The summed E-state index contributed by atoms with van der Waals surface area (Å²) in [6.07, 6.45) is 5.04. The Hall–Kier alpha value is -4.48. The molecule has 0 saturated carbocycles. The van der Waals surface area contributed by atoms with Gasteiger partial charge in [0.05, 0.1) is 17.8 Å². The van der Waals surface area contributed by atoms with Crippen molar-refractivity contribution in [3.05, 3.63) is 93.5 Å². The second-order valence-electron chi connectivity index (χ2n) is 9.47. The van der Waals surface area contributed by atoms with Gasteiger partial charge in [-0.05, 0) is 42.7 Å². The van der Waals surface area contributed by atoms with Gasteiger partial charge in [0.15, 0.2) is 11.4 Å². The number of aryl methyl sites for hydroxylation is 1. The van der Waals surface area contributed by atoms with Crippen LogP contribution in [0.25, 0.3) is 11.4 Å². The molecule has 1 aromatic carbocycles. The van der Waals surface area contributed by atoms with Crippen LogP contribution >= 0.6 is 0 Å². The molecule has 39 heavy (non-hydrogen) atoms. The van der Waals surface area contributed by atoms with Crippen LogP contribution in [0.4, 0.5) is 13.2 Å². The van der Waals surface area contributed by atoms with Crippen molar-refractivity contribution in [3.63, 3.8) is 0 Å². The minimum atomic E-state index is -0.916. The zero-order chi connectivity index (χ0) is 27.8. The molecule has 4 aromatic rings. The summed E-state index contributed by atoms with van der Waals surface area (Å²) in [7, 11) is 1.65. The minimum absolute atomic E-state index is 0.0121. The molecular weight excluding hydrogens is 513 g/mol. The maximum atomic E-state index is 14.2. The fraction of sp³-hybridized carbons (Fsp3) is 0.296. The number of aromatic nitrogens is 5. The number of amides is 1. The van der Waals surface area contributed by atoms with Gasteiger partial charge < -0.3 is 10.0 Å². The second kappa shape index (κ2) is 10.4. The van der Waals surface area contributed by atoms with Gasteiger partial charge in [-0.3, -0.25) is 23.8 Å². The van der Waals surface area contributed by atoms with E-state index in [-0.39, 0.29) is 36.8 Å². The van der Waals surface area contributed by atoms with Gasteiger partial charge in [0, 0.05) is 50.2 Å². The summed E-state index contributed by atoms with van der Waals surface area (Å²) < 4.78 is 44.7. The van der Waals surface area contributed by atoms with E-state index in [4.69, 9.17) is 0 Å². The number of carbonyl (C=O) groups is 1. The maximum Gasteiger partial charge on any atom is 0.271 e. The first-order valence-electron chi connectivity index (χ1n) is 12.4. The third-order valence-electron chi connectivity index (χ3n) is 6.88. The number of likely N-dealkylation sites (tertiary alicyclic amines) is 1. The van der Waals surface area contributed by atoms with Crippen LogP contribution in [-0.4, -0.2) is 53.3 Å². The molecule has 2 atom stereocenters. The third-order valence-corrected chi connectivity index (χ3v) is 6.88. The van der Waals surface area contributed by atoms with Gasteiger partial charge >= 0.3 is 0 Å². The molecule has 1 N–H and O–H groups in total. The molecule has 1 amide bonds. The van der Waals surface area contributed by atoms with Crippen LogP contribution in [0.1, 0.15) is 53.3 Å². The van der Waals surface area contributed by atoms with Crippen molar-refractivity contribution in [2.24, 2.45) is 7.05 Å². The lowest BCUT2D eigenvalue weighted by Crippen LogP contribution is -2.38. The highest BCUT2D eigenvalue weighted by atomic mass is 19.1. The molecule has 4 heterocycles. The largest absolute Gasteiger partial charge is 0.493 e. The standard InChI is InChI=1S/C27H25F3N6O3/c1-3-22(16-8-19(29)10-20(30)9-16)36-24(17-12-32-34(2)13-17)33-25(37)23(27(36)39)26(38)35-7-5-15(14-35)21-11-18(28)4-6-31-21/h4,6,8-13,15,22,37H,3,5,7,14H2,1-2H3/t15?,22-/m0/s1. The Morgan fingerprint density at radius 2 is 1.90 bits per heavy atom. The molecule has 1 saturated heterocycles. The number of aromatic hydroxyl groups is 1. The van der Waals surface area contributed by atoms with E-state index in [0.29, 0.717) is 17.7 Å². The Bertz CT molecular complexity index is 1600. The molecule has 1 fully saturated rings. The van der Waals surface area contributed by atoms with Crippen LogP contribution < -0.4 is 5.56 Å². The van der Waals surface area contributed by atoms with Crippen molar-refractivity contribution in [1.82, 2.24) is 29.2 Å². The molecule has 1 aliphatic rings. The number of carbonyl (C=O) groups excluding carboxylic acids is 1. The van der Waals surface area contributed by atoms with E-state index in [0.717, 1.165) is 18.2 Å². The summed E-state index contributed by atoms with van der Waals surface area (Å²) in [5, 5.41) is 14.9. The highest BCUT2D eigenvalue weighted by Crippen LogP contribution is 2.31. The SMILES string of the molecule is CC[C@@H](c1cc(F)cc(F)c1)n1c(-c2cnn(C)c2)nc(O)c(C(=O)N2CCC(c3cc(F)ccn3)C2)c1=O. The Morgan fingerprint density at radius 3 is 2.54 bits per heavy atom. The van der Waals surface area contributed by atoms with Gasteiger partial charge in [0.2, 0.25) is 5.88 Å². The molecular formula is C27H25F3N6O3. The van der Waals surface area contributed by atoms with Crippen molar-refractivity contribution in [2.75, 3.05) is 13.1 Å². The van der Waals surface area contributed by atoms with Crippen molar-refractivity contribution in [1.29, 1.82) is 0 Å². The summed E-state index contributed by atoms with van der Waals surface area (Å²) in [5.41, 5.74) is -0.429. The van der Waals surface area contributed by atoms with E-state index in [9.17, 15) is 27.9 Å². The zero-order valence-electron chi connectivity index (χ0n) is 21.2. The Balaban J connectivity index is 1.61. The predicted molar refractivity (Wildman–Crippen MR) is 135 cm³/mol. The van der Waals surface area contributed by atoms with Gasteiger partial charge in [0.25, 0.3) is 11.5 Å². The highest BCUT2D eigenvalue weighted by molar-refractivity contribution is 5.96. The second-order valence-corrected chi connectivity index (χ2v) is 9.47. The van der Waals surface area contributed by atoms with Crippen molar-refractivity contribution >= 4 is 5.91 Å². The fourth-order valence-electron chi connectivity index (χ4n) is 5.06. The van der Waals surface area contributed by atoms with Gasteiger partial charge in [0.1, 0.15) is 17.5 Å². The molecule has 202 valence electrons. The van der Waals surface area contributed by atoms with Gasteiger partial charge in [-0.25, -0.2) is 13.2 Å². The monoisotopic (exact) mass is 538 g/mol. The van der Waals surface area contributed by atoms with E-state index in [1.807, 2.05) is 0 Å². The molecule has 12 heteroatoms. The molecule has 3 aromatic heterocycles. The van der Waals surface area contributed by atoms with Crippen LogP contribution in [-0.2, 0) is 7.05 Å². The quantitative estimate of drug-likeness (QED) is 0.401. The number of benzene rings is 1. The number of hydrogen-bond donors (Lipinski definition) is 1. The predicted octanol–water partition coefficient (Wildman–Crippen LogP) is 3.79. The molecule has 1 aliphatic heterocycles. The molecule has 0 bridgehead atoms.